The fourth-order valence-corrected chi connectivity index (χ4v) is 2.87. The van der Waals surface area contributed by atoms with Gasteiger partial charge in [-0.15, -0.1) is 0 Å². The van der Waals surface area contributed by atoms with E-state index in [1.807, 2.05) is 6.07 Å². The maximum absolute atomic E-state index is 13.9. The van der Waals surface area contributed by atoms with Gasteiger partial charge in [0.25, 0.3) is 0 Å². The van der Waals surface area contributed by atoms with Crippen molar-refractivity contribution in [3.05, 3.63) is 35.6 Å². The third-order valence-corrected chi connectivity index (χ3v) is 4.06. The molecular weight excluding hydrogens is 299 g/mol. The lowest BCUT2D eigenvalue weighted by Crippen LogP contribution is -2.55. The van der Waals surface area contributed by atoms with Crippen LogP contribution in [0.3, 0.4) is 0 Å². The van der Waals surface area contributed by atoms with E-state index in [4.69, 9.17) is 9.47 Å². The number of rotatable bonds is 6. The van der Waals surface area contributed by atoms with Crippen molar-refractivity contribution in [2.75, 3.05) is 47.5 Å². The topological polar surface area (TPSA) is 42.0 Å². The number of nitrogens with zero attached hydrogens (tertiary/aromatic N) is 2. The van der Waals surface area contributed by atoms with E-state index in [-0.39, 0.29) is 18.1 Å². The summed E-state index contributed by atoms with van der Waals surface area (Å²) in [5.41, 5.74) is -0.0285. The number of ether oxygens (including phenoxy) is 2. The first-order chi connectivity index (χ1) is 11.0. The van der Waals surface area contributed by atoms with Gasteiger partial charge >= 0.3 is 0 Å². The Kier molecular flexibility index (Phi) is 6.10. The zero-order valence-corrected chi connectivity index (χ0v) is 14.0. The average molecular weight is 324 g/mol. The molecule has 0 aromatic heterocycles. The van der Waals surface area contributed by atoms with Gasteiger partial charge in [0, 0.05) is 46.4 Å². The smallest absolute Gasteiger partial charge is 0.225 e. The van der Waals surface area contributed by atoms with Gasteiger partial charge in [0.15, 0.2) is 0 Å². The molecule has 0 saturated carbocycles. The van der Waals surface area contributed by atoms with E-state index in [0.29, 0.717) is 38.4 Å². The molecule has 1 saturated heterocycles. The normalized spacial score (nSPS) is 22.1. The van der Waals surface area contributed by atoms with E-state index < -0.39 is 5.60 Å². The Morgan fingerprint density at radius 3 is 2.83 bits per heavy atom. The van der Waals surface area contributed by atoms with E-state index in [2.05, 4.69) is 4.90 Å². The summed E-state index contributed by atoms with van der Waals surface area (Å²) in [5, 5.41) is 0. The predicted octanol–water partition coefficient (Wildman–Crippen LogP) is 1.52. The quantitative estimate of drug-likeness (QED) is 0.796. The van der Waals surface area contributed by atoms with Crippen LogP contribution < -0.4 is 0 Å². The SMILES string of the molecule is COC[C@@]1(CC(=O)N(C)C)CN(Cc2ccccc2F)CCO1. The molecule has 1 aliphatic rings. The number of morpholine rings is 1. The Morgan fingerprint density at radius 2 is 2.17 bits per heavy atom. The van der Waals surface area contributed by atoms with Crippen molar-refractivity contribution in [1.82, 2.24) is 9.80 Å². The maximum atomic E-state index is 13.9. The Bertz CT molecular complexity index is 534. The lowest BCUT2D eigenvalue weighted by molar-refractivity contribution is -0.160. The van der Waals surface area contributed by atoms with Crippen molar-refractivity contribution in [3.8, 4) is 0 Å². The highest BCUT2D eigenvalue weighted by atomic mass is 19.1. The van der Waals surface area contributed by atoms with Crippen molar-refractivity contribution in [3.63, 3.8) is 0 Å². The van der Waals surface area contributed by atoms with Crippen LogP contribution in [-0.2, 0) is 20.8 Å². The van der Waals surface area contributed by atoms with E-state index in [0.717, 1.165) is 0 Å². The number of hydrogen-bond donors (Lipinski definition) is 0. The number of halogens is 1. The summed E-state index contributed by atoms with van der Waals surface area (Å²) in [4.78, 5) is 15.8. The van der Waals surface area contributed by atoms with Crippen LogP contribution >= 0.6 is 0 Å². The molecule has 0 radical (unpaired) electrons. The van der Waals surface area contributed by atoms with E-state index in [9.17, 15) is 9.18 Å². The first-order valence-electron chi connectivity index (χ1n) is 7.74. The molecule has 1 aromatic rings. The zero-order chi connectivity index (χ0) is 16.9. The highest BCUT2D eigenvalue weighted by Gasteiger charge is 2.39. The average Bonchev–Trinajstić information content (AvgIpc) is 2.50. The second kappa shape index (κ2) is 7.86. The summed E-state index contributed by atoms with van der Waals surface area (Å²) in [5.74, 6) is -0.213. The number of carbonyl (C=O) groups excluding carboxylic acids is 1. The van der Waals surface area contributed by atoms with Gasteiger partial charge in [-0.2, -0.15) is 0 Å². The van der Waals surface area contributed by atoms with Crippen LogP contribution in [0.15, 0.2) is 24.3 Å². The molecule has 0 spiro atoms. The van der Waals surface area contributed by atoms with Crippen LogP contribution in [0.1, 0.15) is 12.0 Å². The van der Waals surface area contributed by atoms with Crippen LogP contribution in [0, 0.1) is 5.82 Å². The van der Waals surface area contributed by atoms with Gasteiger partial charge in [-0.05, 0) is 6.07 Å². The molecule has 23 heavy (non-hydrogen) atoms. The largest absolute Gasteiger partial charge is 0.382 e. The number of benzene rings is 1. The summed E-state index contributed by atoms with van der Waals surface area (Å²) in [6, 6.07) is 6.77. The molecule has 0 aliphatic carbocycles. The van der Waals surface area contributed by atoms with Crippen molar-refractivity contribution in [2.45, 2.75) is 18.6 Å². The molecule has 1 amide bonds. The molecule has 0 unspecified atom stereocenters. The highest BCUT2D eigenvalue weighted by Crippen LogP contribution is 2.25. The summed E-state index contributed by atoms with van der Waals surface area (Å²) < 4.78 is 25.1. The predicted molar refractivity (Wildman–Crippen MR) is 85.5 cm³/mol. The van der Waals surface area contributed by atoms with Crippen molar-refractivity contribution >= 4 is 5.91 Å². The lowest BCUT2D eigenvalue weighted by atomic mass is 9.96. The van der Waals surface area contributed by atoms with Gasteiger partial charge in [0.2, 0.25) is 5.91 Å². The molecule has 1 aliphatic heterocycles. The van der Waals surface area contributed by atoms with E-state index in [1.54, 1.807) is 38.2 Å². The van der Waals surface area contributed by atoms with E-state index in [1.165, 1.54) is 6.07 Å². The highest BCUT2D eigenvalue weighted by molar-refractivity contribution is 5.76. The number of methoxy groups -OCH3 is 1. The minimum atomic E-state index is -0.681. The molecule has 1 fully saturated rings. The maximum Gasteiger partial charge on any atom is 0.225 e. The summed E-state index contributed by atoms with van der Waals surface area (Å²) in [6.45, 7) is 2.57. The van der Waals surface area contributed by atoms with Gasteiger partial charge in [0.1, 0.15) is 11.4 Å². The monoisotopic (exact) mass is 324 g/mol. The van der Waals surface area contributed by atoms with Crippen molar-refractivity contribution < 1.29 is 18.7 Å². The van der Waals surface area contributed by atoms with Gasteiger partial charge in [-0.1, -0.05) is 18.2 Å². The van der Waals surface area contributed by atoms with Crippen LogP contribution in [-0.4, -0.2) is 68.8 Å². The Labute approximate surface area is 137 Å². The standard InChI is InChI=1S/C17H25FN2O3/c1-19(2)16(21)10-17(13-22-3)12-20(8-9-23-17)11-14-6-4-5-7-15(14)18/h4-7H,8-13H2,1-3H3/t17-/m1/s1. The Morgan fingerprint density at radius 1 is 1.43 bits per heavy atom. The number of carbonyl (C=O) groups is 1. The Balaban J connectivity index is 2.09. The number of hydrogen-bond acceptors (Lipinski definition) is 4. The zero-order valence-electron chi connectivity index (χ0n) is 14.0. The lowest BCUT2D eigenvalue weighted by Gasteiger charge is -2.42. The van der Waals surface area contributed by atoms with Crippen molar-refractivity contribution in [2.24, 2.45) is 0 Å². The molecule has 1 heterocycles. The molecule has 1 atom stereocenters. The van der Waals surface area contributed by atoms with Gasteiger partial charge < -0.3 is 14.4 Å². The Hall–Kier alpha value is -1.50. The minimum Gasteiger partial charge on any atom is -0.382 e. The summed E-state index contributed by atoms with van der Waals surface area (Å²) >= 11 is 0. The van der Waals surface area contributed by atoms with Gasteiger partial charge in [0.05, 0.1) is 19.6 Å². The second-order valence-corrected chi connectivity index (χ2v) is 6.23. The molecule has 6 heteroatoms. The van der Waals surface area contributed by atoms with E-state index >= 15 is 0 Å². The first-order valence-corrected chi connectivity index (χ1v) is 7.74. The fraction of sp³-hybridized carbons (Fsp3) is 0.588. The summed E-state index contributed by atoms with van der Waals surface area (Å²) in [6.07, 6.45) is 0.252. The summed E-state index contributed by atoms with van der Waals surface area (Å²) in [7, 11) is 5.05. The van der Waals surface area contributed by atoms with Gasteiger partial charge in [-0.25, -0.2) is 4.39 Å². The fourth-order valence-electron chi connectivity index (χ4n) is 2.87. The van der Waals surface area contributed by atoms with Crippen LogP contribution in [0.4, 0.5) is 4.39 Å². The van der Waals surface area contributed by atoms with Crippen LogP contribution in [0.5, 0.6) is 0 Å². The molecule has 128 valence electrons. The molecule has 1 aromatic carbocycles. The third kappa shape index (κ3) is 4.73. The second-order valence-electron chi connectivity index (χ2n) is 6.23. The molecule has 0 bridgehead atoms. The molecule has 0 N–H and O–H groups in total. The van der Waals surface area contributed by atoms with Crippen molar-refractivity contribution in [1.29, 1.82) is 0 Å². The third-order valence-electron chi connectivity index (χ3n) is 4.06. The van der Waals surface area contributed by atoms with Crippen LogP contribution in [0.2, 0.25) is 0 Å². The van der Waals surface area contributed by atoms with Crippen LogP contribution in [0.25, 0.3) is 0 Å². The molecule has 5 nitrogen and oxygen atoms in total. The number of amides is 1. The minimum absolute atomic E-state index is 0.00482. The molecular formula is C17H25FN2O3. The van der Waals surface area contributed by atoms with Gasteiger partial charge in [-0.3, -0.25) is 9.69 Å². The first kappa shape index (κ1) is 17.8. The molecule has 2 rings (SSSR count).